The maximum absolute atomic E-state index is 12.1. The van der Waals surface area contributed by atoms with E-state index in [0.29, 0.717) is 5.56 Å². The fourth-order valence-electron chi connectivity index (χ4n) is 2.40. The van der Waals surface area contributed by atoms with Crippen molar-refractivity contribution in [2.75, 3.05) is 0 Å². The Morgan fingerprint density at radius 3 is 2.00 bits per heavy atom. The summed E-state index contributed by atoms with van der Waals surface area (Å²) < 4.78 is 5.42. The lowest BCUT2D eigenvalue weighted by molar-refractivity contribution is 0.00697. The van der Waals surface area contributed by atoms with E-state index in [1.54, 1.807) is 0 Å². The second kappa shape index (κ2) is 4.88. The summed E-state index contributed by atoms with van der Waals surface area (Å²) in [5, 5.41) is 4.56. The minimum atomic E-state index is -0.477. The Labute approximate surface area is 124 Å². The third-order valence-corrected chi connectivity index (χ3v) is 3.34. The predicted molar refractivity (Wildman–Crippen MR) is 86.6 cm³/mol. The van der Waals surface area contributed by atoms with E-state index in [4.69, 9.17) is 4.74 Å². The zero-order chi connectivity index (χ0) is 15.0. The molecule has 21 heavy (non-hydrogen) atoms. The van der Waals surface area contributed by atoms with Gasteiger partial charge in [-0.1, -0.05) is 30.3 Å². The number of carbonyl (C=O) groups excluding carboxylic acids is 1. The molecule has 0 radical (unpaired) electrons. The minimum absolute atomic E-state index is 0.280. The Kier molecular flexibility index (Phi) is 3.17. The van der Waals surface area contributed by atoms with Crippen molar-refractivity contribution in [3.05, 3.63) is 60.2 Å². The van der Waals surface area contributed by atoms with Crippen molar-refractivity contribution in [2.24, 2.45) is 0 Å². The molecule has 0 saturated carbocycles. The minimum Gasteiger partial charge on any atom is -0.456 e. The summed E-state index contributed by atoms with van der Waals surface area (Å²) in [7, 11) is 0. The Hall–Kier alpha value is -2.35. The molecule has 0 N–H and O–H groups in total. The van der Waals surface area contributed by atoms with E-state index in [1.165, 1.54) is 10.8 Å². The van der Waals surface area contributed by atoms with Crippen LogP contribution in [0.15, 0.2) is 54.6 Å². The first-order valence-electron chi connectivity index (χ1n) is 7.08. The van der Waals surface area contributed by atoms with E-state index < -0.39 is 5.60 Å². The van der Waals surface area contributed by atoms with Gasteiger partial charge in [-0.15, -0.1) is 0 Å². The first-order valence-corrected chi connectivity index (χ1v) is 7.08. The summed E-state index contributed by atoms with van der Waals surface area (Å²) in [5.41, 5.74) is 0.114. The Morgan fingerprint density at radius 1 is 0.810 bits per heavy atom. The van der Waals surface area contributed by atoms with Crippen LogP contribution >= 0.6 is 0 Å². The number of hydrogen-bond donors (Lipinski definition) is 0. The molecular formula is C19H18O2. The summed E-state index contributed by atoms with van der Waals surface area (Å²) >= 11 is 0. The third-order valence-electron chi connectivity index (χ3n) is 3.34. The van der Waals surface area contributed by atoms with Crippen molar-refractivity contribution >= 4 is 27.5 Å². The fourth-order valence-corrected chi connectivity index (χ4v) is 2.40. The van der Waals surface area contributed by atoms with E-state index in [1.807, 2.05) is 51.1 Å². The zero-order valence-corrected chi connectivity index (χ0v) is 12.5. The maximum Gasteiger partial charge on any atom is 0.338 e. The molecule has 0 heterocycles. The van der Waals surface area contributed by atoms with Gasteiger partial charge in [-0.25, -0.2) is 4.79 Å². The number of esters is 1. The number of ether oxygens (including phenoxy) is 1. The van der Waals surface area contributed by atoms with Crippen LogP contribution in [-0.4, -0.2) is 11.6 Å². The molecule has 0 unspecified atom stereocenters. The van der Waals surface area contributed by atoms with Crippen LogP contribution < -0.4 is 0 Å². The van der Waals surface area contributed by atoms with Gasteiger partial charge in [-0.05, 0) is 66.6 Å². The van der Waals surface area contributed by atoms with E-state index >= 15 is 0 Å². The molecular weight excluding hydrogens is 260 g/mol. The molecule has 0 aromatic heterocycles. The average Bonchev–Trinajstić information content (AvgIpc) is 2.42. The van der Waals surface area contributed by atoms with Gasteiger partial charge in [-0.2, -0.15) is 0 Å². The van der Waals surface area contributed by atoms with Crippen LogP contribution in [0.4, 0.5) is 0 Å². The highest BCUT2D eigenvalue weighted by molar-refractivity contribution is 6.01. The van der Waals surface area contributed by atoms with E-state index in [9.17, 15) is 4.79 Å². The van der Waals surface area contributed by atoms with Crippen molar-refractivity contribution in [3.63, 3.8) is 0 Å². The molecule has 3 aromatic rings. The van der Waals surface area contributed by atoms with Gasteiger partial charge in [0.05, 0.1) is 5.56 Å². The summed E-state index contributed by atoms with van der Waals surface area (Å²) in [6.45, 7) is 5.62. The molecule has 0 aliphatic rings. The predicted octanol–water partition coefficient (Wildman–Crippen LogP) is 4.95. The first-order chi connectivity index (χ1) is 9.92. The summed E-state index contributed by atoms with van der Waals surface area (Å²) in [4.78, 5) is 12.1. The molecule has 3 rings (SSSR count). The molecule has 0 bridgehead atoms. The number of benzene rings is 3. The lowest BCUT2D eigenvalue weighted by atomic mass is 10.0. The lowest BCUT2D eigenvalue weighted by Crippen LogP contribution is -2.23. The van der Waals surface area contributed by atoms with Crippen LogP contribution in [0, 0.1) is 0 Å². The highest BCUT2D eigenvalue weighted by Crippen LogP contribution is 2.24. The normalized spacial score (nSPS) is 11.8. The topological polar surface area (TPSA) is 26.3 Å². The number of rotatable bonds is 1. The van der Waals surface area contributed by atoms with Crippen LogP contribution in [0.2, 0.25) is 0 Å². The Bertz CT molecular complexity index is 826. The third kappa shape index (κ3) is 2.89. The Morgan fingerprint density at radius 2 is 1.38 bits per heavy atom. The molecule has 0 aliphatic heterocycles. The van der Waals surface area contributed by atoms with Gasteiger partial charge in [0.2, 0.25) is 0 Å². The van der Waals surface area contributed by atoms with Gasteiger partial charge in [0.1, 0.15) is 5.60 Å². The molecule has 2 heteroatoms. The molecule has 3 aromatic carbocycles. The van der Waals surface area contributed by atoms with Crippen molar-refractivity contribution in [1.82, 2.24) is 0 Å². The van der Waals surface area contributed by atoms with Gasteiger partial charge in [-0.3, -0.25) is 0 Å². The van der Waals surface area contributed by atoms with Crippen LogP contribution in [0.3, 0.4) is 0 Å². The largest absolute Gasteiger partial charge is 0.456 e. The van der Waals surface area contributed by atoms with Crippen molar-refractivity contribution in [1.29, 1.82) is 0 Å². The van der Waals surface area contributed by atoms with E-state index in [0.717, 1.165) is 10.8 Å². The van der Waals surface area contributed by atoms with Crippen molar-refractivity contribution in [3.8, 4) is 0 Å². The van der Waals surface area contributed by atoms with E-state index in [2.05, 4.69) is 24.3 Å². The summed E-state index contributed by atoms with van der Waals surface area (Å²) in [5.74, 6) is -0.280. The van der Waals surface area contributed by atoms with Crippen molar-refractivity contribution < 1.29 is 9.53 Å². The van der Waals surface area contributed by atoms with Crippen LogP contribution in [0.5, 0.6) is 0 Å². The molecule has 106 valence electrons. The number of hydrogen-bond acceptors (Lipinski definition) is 2. The molecule has 0 amide bonds. The summed E-state index contributed by atoms with van der Waals surface area (Å²) in [6.07, 6.45) is 0. The monoisotopic (exact) mass is 278 g/mol. The molecule has 2 nitrogen and oxygen atoms in total. The van der Waals surface area contributed by atoms with Gasteiger partial charge < -0.3 is 4.74 Å². The lowest BCUT2D eigenvalue weighted by Gasteiger charge is -2.19. The fraction of sp³-hybridized carbons (Fsp3) is 0.211. The summed E-state index contributed by atoms with van der Waals surface area (Å²) in [6, 6.07) is 18.2. The second-order valence-electron chi connectivity index (χ2n) is 6.26. The van der Waals surface area contributed by atoms with Crippen LogP contribution in [-0.2, 0) is 4.74 Å². The zero-order valence-electron chi connectivity index (χ0n) is 12.5. The molecule has 0 saturated heterocycles. The standard InChI is InChI=1S/C19H18O2/c1-19(2,3)21-18(20)16-9-8-15-10-13-6-4-5-7-14(13)11-17(15)12-16/h4-12H,1-3H3. The van der Waals surface area contributed by atoms with Gasteiger partial charge in [0.25, 0.3) is 0 Å². The van der Waals surface area contributed by atoms with Gasteiger partial charge in [0.15, 0.2) is 0 Å². The number of carbonyl (C=O) groups is 1. The highest BCUT2D eigenvalue weighted by Gasteiger charge is 2.17. The molecule has 0 aliphatic carbocycles. The SMILES string of the molecule is CC(C)(C)OC(=O)c1ccc2cc3ccccc3cc2c1. The Balaban J connectivity index is 2.07. The first kappa shape index (κ1) is 13.6. The number of fused-ring (bicyclic) bond motifs is 2. The van der Waals surface area contributed by atoms with Crippen LogP contribution in [0.1, 0.15) is 31.1 Å². The molecule has 0 fully saturated rings. The smallest absolute Gasteiger partial charge is 0.338 e. The molecule has 0 atom stereocenters. The maximum atomic E-state index is 12.1. The van der Waals surface area contributed by atoms with Gasteiger partial charge >= 0.3 is 5.97 Å². The van der Waals surface area contributed by atoms with Crippen molar-refractivity contribution in [2.45, 2.75) is 26.4 Å². The average molecular weight is 278 g/mol. The van der Waals surface area contributed by atoms with Crippen LogP contribution in [0.25, 0.3) is 21.5 Å². The van der Waals surface area contributed by atoms with Gasteiger partial charge in [0, 0.05) is 0 Å². The highest BCUT2D eigenvalue weighted by atomic mass is 16.6. The molecule has 0 spiro atoms. The second-order valence-corrected chi connectivity index (χ2v) is 6.26. The quantitative estimate of drug-likeness (QED) is 0.465. The van der Waals surface area contributed by atoms with E-state index in [-0.39, 0.29) is 5.97 Å².